The lowest BCUT2D eigenvalue weighted by Gasteiger charge is -2.22. The van der Waals surface area contributed by atoms with E-state index in [1.165, 1.54) is 24.5 Å². The summed E-state index contributed by atoms with van der Waals surface area (Å²) in [5.41, 5.74) is 3.73. The lowest BCUT2D eigenvalue weighted by Crippen LogP contribution is -2.30. The van der Waals surface area contributed by atoms with Gasteiger partial charge in [-0.15, -0.1) is 0 Å². The van der Waals surface area contributed by atoms with Crippen LogP contribution in [0.2, 0.25) is 0 Å². The Labute approximate surface area is 148 Å². The Morgan fingerprint density at radius 3 is 2.64 bits per heavy atom. The van der Waals surface area contributed by atoms with Crippen LogP contribution in [0.1, 0.15) is 48.2 Å². The van der Waals surface area contributed by atoms with Crippen molar-refractivity contribution in [1.29, 1.82) is 0 Å². The second kappa shape index (κ2) is 7.51. The number of carbonyl (C=O) groups excluding carboxylic acids is 2. The van der Waals surface area contributed by atoms with Crippen molar-refractivity contribution >= 4 is 17.4 Å². The molecule has 0 radical (unpaired) electrons. The fourth-order valence-electron chi connectivity index (χ4n) is 3.16. The molecule has 1 aliphatic carbocycles. The molecule has 1 atom stereocenters. The maximum Gasteiger partial charge on any atom is 0.265 e. The van der Waals surface area contributed by atoms with Crippen molar-refractivity contribution in [3.05, 3.63) is 59.2 Å². The van der Waals surface area contributed by atoms with Gasteiger partial charge in [-0.25, -0.2) is 0 Å². The zero-order chi connectivity index (χ0) is 17.8. The summed E-state index contributed by atoms with van der Waals surface area (Å²) in [6.07, 6.45) is 3.82. The molecule has 3 rings (SSSR count). The molecule has 0 aliphatic heterocycles. The summed E-state index contributed by atoms with van der Waals surface area (Å²) < 4.78 is 5.95. The predicted molar refractivity (Wildman–Crippen MR) is 98.3 cm³/mol. The van der Waals surface area contributed by atoms with Gasteiger partial charge >= 0.3 is 0 Å². The fraction of sp³-hybridized carbons (Fsp3) is 0.333. The van der Waals surface area contributed by atoms with Crippen LogP contribution in [0.5, 0.6) is 5.75 Å². The first-order chi connectivity index (χ1) is 12.0. The molecular formula is C21H23NO3. The number of carbonyl (C=O) groups is 2. The highest BCUT2D eigenvalue weighted by Crippen LogP contribution is 2.30. The van der Waals surface area contributed by atoms with Crippen molar-refractivity contribution in [3.63, 3.8) is 0 Å². The number of anilines is 1. The summed E-state index contributed by atoms with van der Waals surface area (Å²) in [5, 5.41) is 2.82. The van der Waals surface area contributed by atoms with Crippen LogP contribution in [-0.2, 0) is 17.6 Å². The quantitative estimate of drug-likeness (QED) is 0.833. The molecule has 0 saturated carbocycles. The average Bonchev–Trinajstić information content (AvgIpc) is 2.62. The van der Waals surface area contributed by atoms with Gasteiger partial charge in [-0.3, -0.25) is 9.59 Å². The second-order valence-corrected chi connectivity index (χ2v) is 6.49. The number of hydrogen-bond donors (Lipinski definition) is 1. The van der Waals surface area contributed by atoms with Gasteiger partial charge < -0.3 is 10.1 Å². The average molecular weight is 337 g/mol. The van der Waals surface area contributed by atoms with Gasteiger partial charge in [-0.2, -0.15) is 0 Å². The maximum absolute atomic E-state index is 12.4. The standard InChI is InChI=1S/C21H23NO3/c1-14(23)17-9-5-10-18(13-17)22-21(24)15(2)25-20-12-6-8-16-7-3-4-11-19(16)20/h5-6,8-10,12-13,15H,3-4,7,11H2,1-2H3,(H,22,24)/t15-/m1/s1. The molecule has 2 aromatic carbocycles. The van der Waals surface area contributed by atoms with Crippen molar-refractivity contribution in [3.8, 4) is 5.75 Å². The Hall–Kier alpha value is -2.62. The fourth-order valence-corrected chi connectivity index (χ4v) is 3.16. The SMILES string of the molecule is CC(=O)c1cccc(NC(=O)[C@@H](C)Oc2cccc3c2CCCC3)c1. The second-order valence-electron chi connectivity index (χ2n) is 6.49. The molecule has 4 heteroatoms. The first kappa shape index (κ1) is 17.2. The van der Waals surface area contributed by atoms with Gasteiger partial charge in [0.05, 0.1) is 0 Å². The minimum Gasteiger partial charge on any atom is -0.481 e. The molecule has 0 fully saturated rings. The van der Waals surface area contributed by atoms with Crippen LogP contribution in [0.25, 0.3) is 0 Å². The molecule has 0 saturated heterocycles. The first-order valence-corrected chi connectivity index (χ1v) is 8.74. The van der Waals surface area contributed by atoms with E-state index in [0.29, 0.717) is 11.3 Å². The summed E-state index contributed by atoms with van der Waals surface area (Å²) in [4.78, 5) is 23.9. The van der Waals surface area contributed by atoms with Gasteiger partial charge in [0, 0.05) is 11.3 Å². The normalized spacial score (nSPS) is 14.3. The smallest absolute Gasteiger partial charge is 0.265 e. The number of aryl methyl sites for hydroxylation is 1. The van der Waals surface area contributed by atoms with Crippen LogP contribution >= 0.6 is 0 Å². The molecule has 4 nitrogen and oxygen atoms in total. The highest BCUT2D eigenvalue weighted by Gasteiger charge is 2.19. The number of ether oxygens (including phenoxy) is 1. The Kier molecular flexibility index (Phi) is 5.17. The van der Waals surface area contributed by atoms with E-state index in [4.69, 9.17) is 4.74 Å². The van der Waals surface area contributed by atoms with E-state index >= 15 is 0 Å². The van der Waals surface area contributed by atoms with Crippen molar-refractivity contribution in [1.82, 2.24) is 0 Å². The molecular weight excluding hydrogens is 314 g/mol. The Bertz CT molecular complexity index is 797. The lowest BCUT2D eigenvalue weighted by atomic mass is 9.91. The van der Waals surface area contributed by atoms with Gasteiger partial charge in [-0.1, -0.05) is 24.3 Å². The molecule has 1 aliphatic rings. The molecule has 25 heavy (non-hydrogen) atoms. The molecule has 0 aromatic heterocycles. The van der Waals surface area contributed by atoms with Gasteiger partial charge in [0.2, 0.25) is 0 Å². The third kappa shape index (κ3) is 4.08. The molecule has 1 amide bonds. The predicted octanol–water partition coefficient (Wildman–Crippen LogP) is 4.17. The number of nitrogens with one attached hydrogen (secondary N) is 1. The third-order valence-corrected chi connectivity index (χ3v) is 4.56. The Morgan fingerprint density at radius 1 is 1.08 bits per heavy atom. The molecule has 130 valence electrons. The van der Waals surface area contributed by atoms with E-state index in [1.807, 2.05) is 12.1 Å². The molecule has 0 bridgehead atoms. The van der Waals surface area contributed by atoms with Crippen LogP contribution in [0.3, 0.4) is 0 Å². The first-order valence-electron chi connectivity index (χ1n) is 8.74. The van der Waals surface area contributed by atoms with Gasteiger partial charge in [-0.05, 0) is 68.9 Å². The summed E-state index contributed by atoms with van der Waals surface area (Å²) >= 11 is 0. The van der Waals surface area contributed by atoms with Crippen molar-refractivity contribution < 1.29 is 14.3 Å². The molecule has 0 unspecified atom stereocenters. The van der Waals surface area contributed by atoms with Crippen molar-refractivity contribution in [2.75, 3.05) is 5.32 Å². The third-order valence-electron chi connectivity index (χ3n) is 4.56. The van der Waals surface area contributed by atoms with Gasteiger partial charge in [0.15, 0.2) is 11.9 Å². The number of ketones is 1. The van der Waals surface area contributed by atoms with E-state index in [9.17, 15) is 9.59 Å². The van der Waals surface area contributed by atoms with Crippen LogP contribution < -0.4 is 10.1 Å². The summed E-state index contributed by atoms with van der Waals surface area (Å²) in [6.45, 7) is 3.25. The highest BCUT2D eigenvalue weighted by molar-refractivity contribution is 5.98. The Balaban J connectivity index is 1.69. The molecule has 2 aromatic rings. The largest absolute Gasteiger partial charge is 0.481 e. The topological polar surface area (TPSA) is 55.4 Å². The van der Waals surface area contributed by atoms with Crippen molar-refractivity contribution in [2.24, 2.45) is 0 Å². The number of benzene rings is 2. The van der Waals surface area contributed by atoms with Crippen molar-refractivity contribution in [2.45, 2.75) is 45.6 Å². The minimum absolute atomic E-state index is 0.0312. The maximum atomic E-state index is 12.4. The lowest BCUT2D eigenvalue weighted by molar-refractivity contribution is -0.122. The zero-order valence-corrected chi connectivity index (χ0v) is 14.7. The van der Waals surface area contributed by atoms with Crippen LogP contribution in [0.15, 0.2) is 42.5 Å². The monoisotopic (exact) mass is 337 g/mol. The number of amides is 1. The Morgan fingerprint density at radius 2 is 1.84 bits per heavy atom. The van der Waals surface area contributed by atoms with Gasteiger partial charge in [0.25, 0.3) is 5.91 Å². The zero-order valence-electron chi connectivity index (χ0n) is 14.7. The van der Waals surface area contributed by atoms with E-state index in [2.05, 4.69) is 11.4 Å². The number of fused-ring (bicyclic) bond motifs is 1. The number of hydrogen-bond acceptors (Lipinski definition) is 3. The summed E-state index contributed by atoms with van der Waals surface area (Å²) in [5.74, 6) is 0.544. The minimum atomic E-state index is -0.616. The summed E-state index contributed by atoms with van der Waals surface area (Å²) in [6, 6.07) is 13.0. The molecule has 0 spiro atoms. The van der Waals surface area contributed by atoms with E-state index < -0.39 is 6.10 Å². The van der Waals surface area contributed by atoms with Crippen LogP contribution in [0.4, 0.5) is 5.69 Å². The van der Waals surface area contributed by atoms with E-state index in [1.54, 1.807) is 31.2 Å². The van der Waals surface area contributed by atoms with Crippen LogP contribution in [-0.4, -0.2) is 17.8 Å². The number of Topliss-reactive ketones (excluding diaryl/α,β-unsaturated/α-hetero) is 1. The van der Waals surface area contributed by atoms with E-state index in [0.717, 1.165) is 25.0 Å². The molecule has 1 N–H and O–H groups in total. The van der Waals surface area contributed by atoms with E-state index in [-0.39, 0.29) is 11.7 Å². The summed E-state index contributed by atoms with van der Waals surface area (Å²) in [7, 11) is 0. The molecule has 0 heterocycles. The van der Waals surface area contributed by atoms with Crippen LogP contribution in [0, 0.1) is 0 Å². The number of rotatable bonds is 5. The van der Waals surface area contributed by atoms with Gasteiger partial charge in [0.1, 0.15) is 5.75 Å². The highest BCUT2D eigenvalue weighted by atomic mass is 16.5.